The van der Waals surface area contributed by atoms with E-state index >= 15 is 0 Å². The number of rotatable bonds is 3. The highest BCUT2D eigenvalue weighted by Gasteiger charge is 2.21. The van der Waals surface area contributed by atoms with Gasteiger partial charge in [0.05, 0.1) is 6.42 Å². The van der Waals surface area contributed by atoms with E-state index in [1.807, 2.05) is 24.3 Å². The fourth-order valence-electron chi connectivity index (χ4n) is 2.38. The summed E-state index contributed by atoms with van der Waals surface area (Å²) in [7, 11) is 0. The summed E-state index contributed by atoms with van der Waals surface area (Å²) < 4.78 is 5.77. The molecule has 3 rings (SSSR count). The van der Waals surface area contributed by atoms with E-state index in [1.54, 1.807) is 0 Å². The molecule has 1 N–H and O–H groups in total. The molecule has 0 saturated carbocycles. The maximum Gasteiger partial charge on any atom is 0.221 e. The Labute approximate surface area is 117 Å². The molecule has 1 fully saturated rings. The Morgan fingerprint density at radius 2 is 2.00 bits per heavy atom. The lowest BCUT2D eigenvalue weighted by molar-refractivity contribution is 0.363. The standard InChI is InChI=1S/C14H16ClN3O/c15-12-4-2-1-3-11(12)9-13-17-18-14(19-13)10-5-7-16-8-6-10/h1-4,10,16H,5-9H2. The molecular weight excluding hydrogens is 262 g/mol. The van der Waals surface area contributed by atoms with E-state index in [-0.39, 0.29) is 0 Å². The SMILES string of the molecule is Clc1ccccc1Cc1nnc(C2CCNCC2)o1. The summed E-state index contributed by atoms with van der Waals surface area (Å²) in [5.41, 5.74) is 1.02. The van der Waals surface area contributed by atoms with Crippen molar-refractivity contribution in [3.8, 4) is 0 Å². The number of hydrogen-bond acceptors (Lipinski definition) is 4. The molecular formula is C14H16ClN3O. The monoisotopic (exact) mass is 277 g/mol. The highest BCUT2D eigenvalue weighted by Crippen LogP contribution is 2.25. The molecule has 5 heteroatoms. The van der Waals surface area contributed by atoms with Gasteiger partial charge in [-0.15, -0.1) is 10.2 Å². The van der Waals surface area contributed by atoms with Gasteiger partial charge < -0.3 is 9.73 Å². The van der Waals surface area contributed by atoms with Crippen molar-refractivity contribution in [2.45, 2.75) is 25.2 Å². The minimum Gasteiger partial charge on any atom is -0.425 e. The maximum absolute atomic E-state index is 6.13. The van der Waals surface area contributed by atoms with E-state index in [2.05, 4.69) is 15.5 Å². The average Bonchev–Trinajstić information content (AvgIpc) is 2.91. The van der Waals surface area contributed by atoms with Gasteiger partial charge in [0.1, 0.15) is 0 Å². The van der Waals surface area contributed by atoms with Gasteiger partial charge in [0.25, 0.3) is 0 Å². The Kier molecular flexibility index (Phi) is 3.80. The molecule has 2 aromatic rings. The summed E-state index contributed by atoms with van der Waals surface area (Å²) >= 11 is 6.13. The van der Waals surface area contributed by atoms with E-state index in [0.29, 0.717) is 18.2 Å². The van der Waals surface area contributed by atoms with Gasteiger partial charge in [-0.2, -0.15) is 0 Å². The summed E-state index contributed by atoms with van der Waals surface area (Å²) in [6, 6.07) is 7.74. The lowest BCUT2D eigenvalue weighted by Crippen LogP contribution is -2.26. The van der Waals surface area contributed by atoms with Crippen molar-refractivity contribution >= 4 is 11.6 Å². The van der Waals surface area contributed by atoms with E-state index in [1.165, 1.54) is 0 Å². The van der Waals surface area contributed by atoms with Crippen molar-refractivity contribution in [2.24, 2.45) is 0 Å². The fourth-order valence-corrected chi connectivity index (χ4v) is 2.58. The average molecular weight is 278 g/mol. The largest absolute Gasteiger partial charge is 0.425 e. The van der Waals surface area contributed by atoms with Gasteiger partial charge in [-0.3, -0.25) is 0 Å². The van der Waals surface area contributed by atoms with Crippen LogP contribution >= 0.6 is 11.6 Å². The van der Waals surface area contributed by atoms with Gasteiger partial charge >= 0.3 is 0 Å². The Morgan fingerprint density at radius 1 is 1.21 bits per heavy atom. The van der Waals surface area contributed by atoms with Crippen LogP contribution in [0.4, 0.5) is 0 Å². The van der Waals surface area contributed by atoms with Crippen molar-refractivity contribution in [3.63, 3.8) is 0 Å². The van der Waals surface area contributed by atoms with Crippen LogP contribution < -0.4 is 5.32 Å². The molecule has 19 heavy (non-hydrogen) atoms. The zero-order valence-electron chi connectivity index (χ0n) is 10.6. The molecule has 1 saturated heterocycles. The number of piperidine rings is 1. The van der Waals surface area contributed by atoms with Gasteiger partial charge in [0, 0.05) is 10.9 Å². The molecule has 0 amide bonds. The second kappa shape index (κ2) is 5.72. The van der Waals surface area contributed by atoms with Crippen LogP contribution in [0.3, 0.4) is 0 Å². The number of nitrogens with one attached hydrogen (secondary N) is 1. The molecule has 1 aromatic carbocycles. The smallest absolute Gasteiger partial charge is 0.221 e. The van der Waals surface area contributed by atoms with E-state index in [9.17, 15) is 0 Å². The molecule has 100 valence electrons. The molecule has 0 radical (unpaired) electrons. The normalized spacial score (nSPS) is 16.7. The topological polar surface area (TPSA) is 51.0 Å². The first-order chi connectivity index (χ1) is 9.33. The summed E-state index contributed by atoms with van der Waals surface area (Å²) in [5, 5.41) is 12.4. The molecule has 1 aliphatic rings. The Bertz CT molecular complexity index is 549. The van der Waals surface area contributed by atoms with Crippen LogP contribution in [-0.4, -0.2) is 23.3 Å². The number of benzene rings is 1. The van der Waals surface area contributed by atoms with Crippen LogP contribution in [0.5, 0.6) is 0 Å². The first kappa shape index (κ1) is 12.6. The van der Waals surface area contributed by atoms with Gasteiger partial charge in [0.15, 0.2) is 0 Å². The van der Waals surface area contributed by atoms with Crippen molar-refractivity contribution < 1.29 is 4.42 Å². The van der Waals surface area contributed by atoms with Crippen LogP contribution in [0.2, 0.25) is 5.02 Å². The van der Waals surface area contributed by atoms with E-state index in [0.717, 1.165) is 42.4 Å². The Balaban J connectivity index is 1.73. The molecule has 4 nitrogen and oxygen atoms in total. The highest BCUT2D eigenvalue weighted by molar-refractivity contribution is 6.31. The van der Waals surface area contributed by atoms with Crippen LogP contribution in [0.1, 0.15) is 36.1 Å². The second-order valence-electron chi connectivity index (χ2n) is 4.83. The van der Waals surface area contributed by atoms with Crippen molar-refractivity contribution in [1.29, 1.82) is 0 Å². The Hall–Kier alpha value is -1.39. The van der Waals surface area contributed by atoms with Crippen LogP contribution in [0, 0.1) is 0 Å². The van der Waals surface area contributed by atoms with Crippen molar-refractivity contribution in [1.82, 2.24) is 15.5 Å². The lowest BCUT2D eigenvalue weighted by atomic mass is 9.98. The van der Waals surface area contributed by atoms with Crippen LogP contribution in [0.25, 0.3) is 0 Å². The summed E-state index contributed by atoms with van der Waals surface area (Å²) in [4.78, 5) is 0. The molecule has 1 aromatic heterocycles. The minimum absolute atomic E-state index is 0.397. The fraction of sp³-hybridized carbons (Fsp3) is 0.429. The minimum atomic E-state index is 0.397. The van der Waals surface area contributed by atoms with Gasteiger partial charge in [-0.05, 0) is 37.6 Å². The first-order valence-electron chi connectivity index (χ1n) is 6.59. The van der Waals surface area contributed by atoms with Crippen LogP contribution in [0.15, 0.2) is 28.7 Å². The molecule has 0 spiro atoms. The number of halogens is 1. The number of nitrogens with zero attached hydrogens (tertiary/aromatic N) is 2. The molecule has 0 unspecified atom stereocenters. The molecule has 0 bridgehead atoms. The quantitative estimate of drug-likeness (QED) is 0.937. The summed E-state index contributed by atoms with van der Waals surface area (Å²) in [6.45, 7) is 2.04. The third kappa shape index (κ3) is 2.96. The molecule has 2 heterocycles. The summed E-state index contributed by atoms with van der Waals surface area (Å²) in [6.07, 6.45) is 2.72. The van der Waals surface area contributed by atoms with Gasteiger partial charge in [-0.25, -0.2) is 0 Å². The predicted molar refractivity (Wildman–Crippen MR) is 73.4 cm³/mol. The van der Waals surface area contributed by atoms with E-state index < -0.39 is 0 Å². The maximum atomic E-state index is 6.13. The third-order valence-corrected chi connectivity index (χ3v) is 3.84. The van der Waals surface area contributed by atoms with E-state index in [4.69, 9.17) is 16.0 Å². The molecule has 1 aliphatic heterocycles. The third-order valence-electron chi connectivity index (χ3n) is 3.47. The lowest BCUT2D eigenvalue weighted by Gasteiger charge is -2.18. The van der Waals surface area contributed by atoms with Crippen LogP contribution in [-0.2, 0) is 6.42 Å². The van der Waals surface area contributed by atoms with Crippen molar-refractivity contribution in [2.75, 3.05) is 13.1 Å². The first-order valence-corrected chi connectivity index (χ1v) is 6.97. The summed E-state index contributed by atoms with van der Waals surface area (Å²) in [5.74, 6) is 1.80. The number of aromatic nitrogens is 2. The Morgan fingerprint density at radius 3 is 2.79 bits per heavy atom. The predicted octanol–water partition coefficient (Wildman–Crippen LogP) is 2.78. The zero-order valence-corrected chi connectivity index (χ0v) is 11.4. The van der Waals surface area contributed by atoms with Gasteiger partial charge in [0.2, 0.25) is 11.8 Å². The van der Waals surface area contributed by atoms with Crippen molar-refractivity contribution in [3.05, 3.63) is 46.6 Å². The molecule has 0 aliphatic carbocycles. The highest BCUT2D eigenvalue weighted by atomic mass is 35.5. The molecule has 0 atom stereocenters. The zero-order chi connectivity index (χ0) is 13.1. The van der Waals surface area contributed by atoms with Gasteiger partial charge in [-0.1, -0.05) is 29.8 Å². The number of hydrogen-bond donors (Lipinski definition) is 1. The second-order valence-corrected chi connectivity index (χ2v) is 5.23.